The summed E-state index contributed by atoms with van der Waals surface area (Å²) in [7, 11) is -3.68. The van der Waals surface area contributed by atoms with Crippen molar-refractivity contribution in [3.63, 3.8) is 0 Å². The summed E-state index contributed by atoms with van der Waals surface area (Å²) in [4.78, 5) is 13.3. The number of amides is 1. The number of hydrogen-bond acceptors (Lipinski definition) is 8. The van der Waals surface area contributed by atoms with Crippen LogP contribution in [0.4, 0.5) is 6.01 Å². The summed E-state index contributed by atoms with van der Waals surface area (Å²) >= 11 is 7.17. The van der Waals surface area contributed by atoms with Crippen LogP contribution in [0, 0.1) is 0 Å². The Morgan fingerprint density at radius 2 is 1.81 bits per heavy atom. The van der Waals surface area contributed by atoms with E-state index in [0.29, 0.717) is 9.21 Å². The van der Waals surface area contributed by atoms with Crippen LogP contribution in [0.5, 0.6) is 0 Å². The maximum absolute atomic E-state index is 12.9. The van der Waals surface area contributed by atoms with Crippen molar-refractivity contribution in [2.75, 3.05) is 18.4 Å². The fourth-order valence-electron chi connectivity index (χ4n) is 3.23. The maximum atomic E-state index is 12.9. The molecule has 1 N–H and O–H groups in total. The second-order valence-corrected chi connectivity index (χ2v) is 10.7. The first kappa shape index (κ1) is 21.9. The van der Waals surface area contributed by atoms with Gasteiger partial charge in [-0.2, -0.15) is 4.31 Å². The van der Waals surface area contributed by atoms with Crippen molar-refractivity contribution in [3.05, 3.63) is 46.3 Å². The second-order valence-electron chi connectivity index (χ2n) is 7.07. The number of hydrogen-bond donors (Lipinski definition) is 1. The summed E-state index contributed by atoms with van der Waals surface area (Å²) in [5.41, 5.74) is 0.251. The average molecular weight is 483 g/mol. The molecular weight excluding hydrogens is 464 g/mol. The summed E-state index contributed by atoms with van der Waals surface area (Å²) in [6.45, 7) is 4.23. The lowest BCUT2D eigenvalue weighted by Crippen LogP contribution is -2.48. The molecule has 0 saturated carbocycles. The van der Waals surface area contributed by atoms with Crippen LogP contribution >= 0.6 is 22.9 Å². The molecule has 1 aromatic carbocycles. The van der Waals surface area contributed by atoms with Gasteiger partial charge in [-0.1, -0.05) is 16.7 Å². The molecule has 1 aliphatic rings. The third-order valence-corrected chi connectivity index (χ3v) is 7.63. The Morgan fingerprint density at radius 1 is 1.13 bits per heavy atom. The minimum absolute atomic E-state index is 0.0717. The van der Waals surface area contributed by atoms with Gasteiger partial charge in [-0.15, -0.1) is 16.4 Å². The fraction of sp³-hybridized carbons (Fsp3) is 0.316. The number of aromatic nitrogens is 2. The third-order valence-electron chi connectivity index (χ3n) is 4.57. The molecule has 1 aliphatic heterocycles. The Kier molecular flexibility index (Phi) is 6.13. The molecule has 0 radical (unpaired) electrons. The molecule has 0 bridgehead atoms. The van der Waals surface area contributed by atoms with E-state index in [1.165, 1.54) is 39.9 Å². The molecule has 31 heavy (non-hydrogen) atoms. The highest BCUT2D eigenvalue weighted by molar-refractivity contribution is 7.89. The van der Waals surface area contributed by atoms with Crippen LogP contribution in [0.3, 0.4) is 0 Å². The molecule has 0 spiro atoms. The van der Waals surface area contributed by atoms with E-state index in [4.69, 9.17) is 20.8 Å². The predicted molar refractivity (Wildman–Crippen MR) is 116 cm³/mol. The van der Waals surface area contributed by atoms with E-state index in [2.05, 4.69) is 15.5 Å². The van der Waals surface area contributed by atoms with Crippen LogP contribution in [-0.2, 0) is 14.8 Å². The number of anilines is 1. The van der Waals surface area contributed by atoms with Gasteiger partial charge >= 0.3 is 6.01 Å². The normalized spacial score (nSPS) is 20.0. The van der Waals surface area contributed by atoms with Gasteiger partial charge in [0.2, 0.25) is 10.0 Å². The van der Waals surface area contributed by atoms with E-state index in [-0.39, 0.29) is 47.7 Å². The maximum Gasteiger partial charge on any atom is 0.322 e. The zero-order chi connectivity index (χ0) is 22.2. The minimum Gasteiger partial charge on any atom is -0.402 e. The number of thiophene rings is 1. The molecule has 1 saturated heterocycles. The van der Waals surface area contributed by atoms with Crippen molar-refractivity contribution in [3.8, 4) is 10.8 Å². The number of halogens is 1. The molecule has 9 nitrogen and oxygen atoms in total. The van der Waals surface area contributed by atoms with Gasteiger partial charge in [0.15, 0.2) is 0 Å². The van der Waals surface area contributed by atoms with Crippen LogP contribution < -0.4 is 5.32 Å². The van der Waals surface area contributed by atoms with Gasteiger partial charge in [-0.05, 0) is 50.2 Å². The summed E-state index contributed by atoms with van der Waals surface area (Å²) in [6, 6.07) is 9.05. The highest BCUT2D eigenvalue weighted by atomic mass is 35.5. The van der Waals surface area contributed by atoms with Crippen LogP contribution in [0.15, 0.2) is 45.7 Å². The SMILES string of the molecule is CC1CN(S(=O)(=O)c2ccc(C(=O)Nc3nnc(-c4ccc(Cl)s4)o3)cc2)CC(C)O1. The fourth-order valence-corrected chi connectivity index (χ4v) is 5.78. The predicted octanol–water partition coefficient (Wildman–Crippen LogP) is 3.50. The number of morpholine rings is 1. The third kappa shape index (κ3) is 4.80. The number of carbonyl (C=O) groups is 1. The number of sulfonamides is 1. The number of rotatable bonds is 5. The second kappa shape index (κ2) is 8.67. The molecule has 4 rings (SSSR count). The zero-order valence-electron chi connectivity index (χ0n) is 16.6. The Labute approximate surface area is 188 Å². The molecular formula is C19H19ClN4O5S2. The molecule has 12 heteroatoms. The summed E-state index contributed by atoms with van der Waals surface area (Å²) in [6.07, 6.45) is -0.374. The topological polar surface area (TPSA) is 115 Å². The Hall–Kier alpha value is -2.31. The summed E-state index contributed by atoms with van der Waals surface area (Å²) in [5, 5.41) is 10.2. The molecule has 3 heterocycles. The number of nitrogens with zero attached hydrogens (tertiary/aromatic N) is 3. The number of carbonyl (C=O) groups excluding carboxylic acids is 1. The van der Waals surface area contributed by atoms with Crippen LogP contribution in [0.25, 0.3) is 10.8 Å². The van der Waals surface area contributed by atoms with Gasteiger partial charge in [-0.3, -0.25) is 10.1 Å². The number of benzene rings is 1. The molecule has 2 unspecified atom stereocenters. The van der Waals surface area contributed by atoms with Crippen molar-refractivity contribution < 1.29 is 22.4 Å². The molecule has 1 fully saturated rings. The molecule has 2 atom stereocenters. The number of nitrogens with one attached hydrogen (secondary N) is 1. The van der Waals surface area contributed by atoms with Gasteiger partial charge in [0, 0.05) is 18.7 Å². The average Bonchev–Trinajstić information content (AvgIpc) is 3.36. The lowest BCUT2D eigenvalue weighted by Gasteiger charge is -2.34. The molecule has 3 aromatic rings. The van der Waals surface area contributed by atoms with E-state index in [1.54, 1.807) is 12.1 Å². The van der Waals surface area contributed by atoms with Gasteiger partial charge in [-0.25, -0.2) is 8.42 Å². The van der Waals surface area contributed by atoms with Gasteiger partial charge in [0.05, 0.1) is 26.3 Å². The van der Waals surface area contributed by atoms with E-state index < -0.39 is 15.9 Å². The van der Waals surface area contributed by atoms with Crippen molar-refractivity contribution in [1.29, 1.82) is 0 Å². The van der Waals surface area contributed by atoms with E-state index in [9.17, 15) is 13.2 Å². The smallest absolute Gasteiger partial charge is 0.322 e. The Bertz CT molecular complexity index is 1180. The molecule has 1 amide bonds. The Morgan fingerprint density at radius 3 is 2.42 bits per heavy atom. The van der Waals surface area contributed by atoms with Crippen molar-refractivity contribution in [2.24, 2.45) is 0 Å². The monoisotopic (exact) mass is 482 g/mol. The van der Waals surface area contributed by atoms with E-state index >= 15 is 0 Å². The lowest BCUT2D eigenvalue weighted by molar-refractivity contribution is -0.0440. The zero-order valence-corrected chi connectivity index (χ0v) is 19.0. The highest BCUT2D eigenvalue weighted by Crippen LogP contribution is 2.30. The molecule has 2 aromatic heterocycles. The number of ether oxygens (including phenoxy) is 1. The highest BCUT2D eigenvalue weighted by Gasteiger charge is 2.32. The largest absolute Gasteiger partial charge is 0.402 e. The van der Waals surface area contributed by atoms with Crippen LogP contribution in [0.2, 0.25) is 4.34 Å². The van der Waals surface area contributed by atoms with E-state index in [1.807, 2.05) is 13.8 Å². The van der Waals surface area contributed by atoms with E-state index in [0.717, 1.165) is 0 Å². The summed E-state index contributed by atoms with van der Waals surface area (Å²) < 4.78 is 38.9. The lowest BCUT2D eigenvalue weighted by atomic mass is 10.2. The minimum atomic E-state index is -3.68. The standard InChI is InChI=1S/C19H19ClN4O5S2/c1-11-9-24(10-12(2)28-11)31(26,27)14-5-3-13(4-6-14)17(25)21-19-23-22-18(29-19)15-7-8-16(20)30-15/h3-8,11-12H,9-10H2,1-2H3,(H,21,23,25). The van der Waals surface area contributed by atoms with Crippen molar-refractivity contribution in [1.82, 2.24) is 14.5 Å². The first-order chi connectivity index (χ1) is 14.7. The molecule has 0 aliphatic carbocycles. The van der Waals surface area contributed by atoms with Gasteiger partial charge in [0.25, 0.3) is 11.8 Å². The first-order valence-electron chi connectivity index (χ1n) is 9.38. The molecule has 164 valence electrons. The van der Waals surface area contributed by atoms with Crippen LogP contribution in [-0.4, -0.2) is 54.1 Å². The van der Waals surface area contributed by atoms with Crippen molar-refractivity contribution >= 4 is 44.9 Å². The van der Waals surface area contributed by atoms with Crippen LogP contribution in [0.1, 0.15) is 24.2 Å². The Balaban J connectivity index is 1.45. The summed E-state index contributed by atoms with van der Waals surface area (Å²) in [5.74, 6) is -0.264. The quantitative estimate of drug-likeness (QED) is 0.591. The van der Waals surface area contributed by atoms with Crippen molar-refractivity contribution in [2.45, 2.75) is 31.0 Å². The first-order valence-corrected chi connectivity index (χ1v) is 12.0. The van der Waals surface area contributed by atoms with Gasteiger partial charge in [0.1, 0.15) is 0 Å². The van der Waals surface area contributed by atoms with Gasteiger partial charge < -0.3 is 9.15 Å².